The Balaban J connectivity index is 0.00000144. The maximum Gasteiger partial charge on any atom is 0.123 e. The first kappa shape index (κ1) is 27.6. The highest BCUT2D eigenvalue weighted by Crippen LogP contribution is 2.68. The van der Waals surface area contributed by atoms with Gasteiger partial charge in [0, 0.05) is 0 Å². The lowest BCUT2D eigenvalue weighted by molar-refractivity contribution is -0.0535. The van der Waals surface area contributed by atoms with Crippen molar-refractivity contribution in [2.24, 2.45) is 34.5 Å². The summed E-state index contributed by atoms with van der Waals surface area (Å²) >= 11 is 0. The van der Waals surface area contributed by atoms with Crippen LogP contribution in [0.2, 0.25) is 0 Å². The van der Waals surface area contributed by atoms with Crippen LogP contribution in [-0.2, 0) is 6.42 Å². The molecule has 2 heteroatoms. The van der Waals surface area contributed by atoms with E-state index in [0.29, 0.717) is 22.7 Å². The third-order valence-electron chi connectivity index (χ3n) is 11.5. The average Bonchev–Trinajstić information content (AvgIpc) is 3.29. The summed E-state index contributed by atoms with van der Waals surface area (Å²) in [5.41, 5.74) is 5.01. The molecule has 3 saturated carbocycles. The van der Waals surface area contributed by atoms with Gasteiger partial charge in [0.25, 0.3) is 0 Å². The second-order valence-corrected chi connectivity index (χ2v) is 13.1. The minimum atomic E-state index is -0.146. The topological polar surface area (TPSA) is 20.2 Å². The quantitative estimate of drug-likeness (QED) is 0.392. The van der Waals surface area contributed by atoms with E-state index in [-0.39, 0.29) is 11.9 Å². The van der Waals surface area contributed by atoms with Crippen molar-refractivity contribution in [1.82, 2.24) is 0 Å². The molecule has 1 nitrogen and oxygen atoms in total. The predicted molar refractivity (Wildman–Crippen MR) is 156 cm³/mol. The molecule has 3 fully saturated rings. The van der Waals surface area contributed by atoms with Gasteiger partial charge in [0.05, 0.1) is 6.10 Å². The van der Waals surface area contributed by atoms with Crippen molar-refractivity contribution in [3.8, 4) is 0 Å². The molecule has 0 radical (unpaired) electrons. The molecule has 2 aromatic carbocycles. The minimum Gasteiger partial charge on any atom is -0.393 e. The summed E-state index contributed by atoms with van der Waals surface area (Å²) in [5.74, 6) is 3.50. The highest BCUT2D eigenvalue weighted by atomic mass is 19.1. The summed E-state index contributed by atoms with van der Waals surface area (Å²) in [5, 5.41) is 10.3. The van der Waals surface area contributed by atoms with Crippen LogP contribution in [0, 0.1) is 40.3 Å². The van der Waals surface area contributed by atoms with E-state index >= 15 is 0 Å². The molecule has 38 heavy (non-hydrogen) atoms. The first-order chi connectivity index (χ1) is 18.4. The van der Waals surface area contributed by atoms with Gasteiger partial charge >= 0.3 is 0 Å². The summed E-state index contributed by atoms with van der Waals surface area (Å²) in [6.07, 6.45) is 14.2. The van der Waals surface area contributed by atoms with Crippen molar-refractivity contribution >= 4 is 0 Å². The number of hydrogen-bond acceptors (Lipinski definition) is 1. The molecule has 6 rings (SSSR count). The van der Waals surface area contributed by atoms with Crippen molar-refractivity contribution in [3.63, 3.8) is 0 Å². The second kappa shape index (κ2) is 11.3. The molecule has 0 heterocycles. The lowest BCUT2D eigenvalue weighted by Crippen LogP contribution is -2.50. The largest absolute Gasteiger partial charge is 0.393 e. The van der Waals surface area contributed by atoms with Gasteiger partial charge in [0.1, 0.15) is 5.82 Å². The zero-order chi connectivity index (χ0) is 26.9. The van der Waals surface area contributed by atoms with E-state index < -0.39 is 0 Å². The molecule has 0 spiro atoms. The number of fused-ring (bicyclic) bond motifs is 5. The highest BCUT2D eigenvalue weighted by molar-refractivity contribution is 5.28. The van der Waals surface area contributed by atoms with E-state index in [1.807, 2.05) is 26.0 Å². The van der Waals surface area contributed by atoms with Gasteiger partial charge < -0.3 is 5.11 Å². The molecule has 0 saturated heterocycles. The van der Waals surface area contributed by atoms with E-state index in [4.69, 9.17) is 0 Å². The smallest absolute Gasteiger partial charge is 0.123 e. The Morgan fingerprint density at radius 1 is 0.895 bits per heavy atom. The Hall–Kier alpha value is -1.93. The number of aliphatic hydroxyl groups excluding tert-OH is 1. The molecule has 0 bridgehead atoms. The van der Waals surface area contributed by atoms with Gasteiger partial charge in [-0.25, -0.2) is 4.39 Å². The molecular weight excluding hydrogens is 467 g/mol. The summed E-state index contributed by atoms with van der Waals surface area (Å²) in [6, 6.07) is 18.4. The van der Waals surface area contributed by atoms with Crippen LogP contribution in [0.1, 0.15) is 103 Å². The van der Waals surface area contributed by atoms with Crippen LogP contribution in [0.15, 0.2) is 66.2 Å². The SMILES string of the molecule is CC.CC12CC[C@H](O)CC1=CCC1C2CCC2(C)C1CCC2[C@H](CCc1ccc(F)cc1)c1ccccc1. The van der Waals surface area contributed by atoms with Gasteiger partial charge in [-0.1, -0.05) is 81.8 Å². The highest BCUT2D eigenvalue weighted by Gasteiger charge is 2.59. The number of aliphatic hydroxyl groups is 1. The van der Waals surface area contributed by atoms with E-state index in [2.05, 4.69) is 50.3 Å². The molecule has 0 aliphatic heterocycles. The summed E-state index contributed by atoms with van der Waals surface area (Å²) in [4.78, 5) is 0. The minimum absolute atomic E-state index is 0.127. The van der Waals surface area contributed by atoms with Gasteiger partial charge in [0.15, 0.2) is 0 Å². The zero-order valence-electron chi connectivity index (χ0n) is 24.1. The van der Waals surface area contributed by atoms with Crippen LogP contribution >= 0.6 is 0 Å². The molecular formula is C36H49FO. The zero-order valence-corrected chi connectivity index (χ0v) is 24.1. The molecule has 1 N–H and O–H groups in total. The molecule has 0 amide bonds. The lowest BCUT2D eigenvalue weighted by Gasteiger charge is -2.58. The maximum atomic E-state index is 13.5. The Labute approximate surface area is 230 Å². The number of rotatable bonds is 5. The average molecular weight is 517 g/mol. The second-order valence-electron chi connectivity index (χ2n) is 13.1. The molecule has 4 aliphatic carbocycles. The standard InChI is InChI=1S/C34H43FO.C2H6/c1-33-20-18-27(36)22-25(33)11-15-29-31-17-16-30(34(31,2)21-19-32(29)33)28(24-6-4-3-5-7-24)14-10-23-8-12-26(35)13-9-23;1-2/h3-9,11-13,27-32,36H,10,14-22H2,1-2H3;1-2H3/t27-,28+,29?,30?,31?,32?,33?,34?;/m0./s1. The molecule has 6 unspecified atom stereocenters. The maximum absolute atomic E-state index is 13.5. The predicted octanol–water partition coefficient (Wildman–Crippen LogP) is 9.51. The fraction of sp³-hybridized carbons (Fsp3) is 0.611. The first-order valence-electron chi connectivity index (χ1n) is 15.6. The van der Waals surface area contributed by atoms with Crippen molar-refractivity contribution < 1.29 is 9.50 Å². The van der Waals surface area contributed by atoms with Gasteiger partial charge in [0.2, 0.25) is 0 Å². The fourth-order valence-corrected chi connectivity index (χ4v) is 9.62. The Morgan fingerprint density at radius 3 is 2.37 bits per heavy atom. The van der Waals surface area contributed by atoms with Crippen molar-refractivity contribution in [3.05, 3.63) is 83.2 Å². The van der Waals surface area contributed by atoms with Gasteiger partial charge in [-0.15, -0.1) is 0 Å². The lowest BCUT2D eigenvalue weighted by atomic mass is 9.46. The van der Waals surface area contributed by atoms with Crippen LogP contribution < -0.4 is 0 Å². The Kier molecular flexibility index (Phi) is 8.20. The van der Waals surface area contributed by atoms with E-state index in [1.165, 1.54) is 49.7 Å². The monoisotopic (exact) mass is 516 g/mol. The number of aryl methyl sites for hydroxylation is 1. The first-order valence-corrected chi connectivity index (χ1v) is 15.6. The van der Waals surface area contributed by atoms with Gasteiger partial charge in [-0.2, -0.15) is 0 Å². The fourth-order valence-electron chi connectivity index (χ4n) is 9.62. The third kappa shape index (κ3) is 4.91. The number of benzene rings is 2. The molecule has 4 aliphatic rings. The van der Waals surface area contributed by atoms with Crippen molar-refractivity contribution in [2.45, 2.75) is 104 Å². The van der Waals surface area contributed by atoms with Crippen molar-refractivity contribution in [2.75, 3.05) is 0 Å². The number of halogens is 1. The molecule has 0 aromatic heterocycles. The Morgan fingerprint density at radius 2 is 1.63 bits per heavy atom. The molecule has 8 atom stereocenters. The summed E-state index contributed by atoms with van der Waals surface area (Å²) in [6.45, 7) is 9.18. The van der Waals surface area contributed by atoms with Crippen LogP contribution in [0.3, 0.4) is 0 Å². The van der Waals surface area contributed by atoms with Crippen LogP contribution in [-0.4, -0.2) is 11.2 Å². The van der Waals surface area contributed by atoms with E-state index in [9.17, 15) is 9.50 Å². The summed E-state index contributed by atoms with van der Waals surface area (Å²) in [7, 11) is 0. The third-order valence-corrected chi connectivity index (χ3v) is 11.5. The number of hydrogen-bond donors (Lipinski definition) is 1. The normalized spacial score (nSPS) is 36.6. The van der Waals surface area contributed by atoms with E-state index in [0.717, 1.165) is 43.4 Å². The van der Waals surface area contributed by atoms with Crippen molar-refractivity contribution in [1.29, 1.82) is 0 Å². The molecule has 206 valence electrons. The number of allylic oxidation sites excluding steroid dienone is 1. The van der Waals surface area contributed by atoms with Gasteiger partial charge in [-0.05, 0) is 128 Å². The molecule has 2 aromatic rings. The van der Waals surface area contributed by atoms with E-state index in [1.54, 1.807) is 17.7 Å². The van der Waals surface area contributed by atoms with Crippen LogP contribution in [0.4, 0.5) is 4.39 Å². The van der Waals surface area contributed by atoms with Crippen LogP contribution in [0.5, 0.6) is 0 Å². The van der Waals surface area contributed by atoms with Gasteiger partial charge in [-0.3, -0.25) is 0 Å². The van der Waals surface area contributed by atoms with Crippen LogP contribution in [0.25, 0.3) is 0 Å². The Bertz CT molecular complexity index is 1090. The summed E-state index contributed by atoms with van der Waals surface area (Å²) < 4.78 is 13.5.